The van der Waals surface area contributed by atoms with E-state index in [-0.39, 0.29) is 11.9 Å². The average molecular weight is 278 g/mol. The maximum absolute atomic E-state index is 11.0. The first-order chi connectivity index (χ1) is 9.47. The van der Waals surface area contributed by atoms with Crippen LogP contribution in [0, 0.1) is 0 Å². The fourth-order valence-corrected chi connectivity index (χ4v) is 1.54. The number of hydrogen-bond donors (Lipinski definition) is 3. The molecule has 0 aliphatic rings. The van der Waals surface area contributed by atoms with Gasteiger partial charge in [-0.15, -0.1) is 0 Å². The maximum atomic E-state index is 11.0. The minimum Gasteiger partial charge on any atom is -0.492 e. The number of anilines is 1. The second kappa shape index (κ2) is 8.04. The van der Waals surface area contributed by atoms with E-state index in [4.69, 9.17) is 10.5 Å². The Balaban J connectivity index is 2.40. The lowest BCUT2D eigenvalue weighted by Gasteiger charge is -2.09. The van der Waals surface area contributed by atoms with Crippen LogP contribution in [0.4, 0.5) is 5.69 Å². The van der Waals surface area contributed by atoms with Crippen LogP contribution in [0.2, 0.25) is 0 Å². The molecular weight excluding hydrogens is 256 g/mol. The Bertz CT molecular complexity index is 472. The first kappa shape index (κ1) is 15.8. The smallest absolute Gasteiger partial charge is 0.221 e. The minimum atomic E-state index is -0.112. The van der Waals surface area contributed by atoms with Crippen molar-refractivity contribution in [2.24, 2.45) is 10.7 Å². The van der Waals surface area contributed by atoms with E-state index in [9.17, 15) is 4.79 Å². The number of aliphatic imine (C=N–C) groups is 1. The summed E-state index contributed by atoms with van der Waals surface area (Å²) in [5.41, 5.74) is 6.38. The molecule has 0 saturated heterocycles. The molecule has 20 heavy (non-hydrogen) atoms. The fraction of sp³-hybridized carbons (Fsp3) is 0.429. The van der Waals surface area contributed by atoms with E-state index in [1.165, 1.54) is 6.92 Å². The van der Waals surface area contributed by atoms with Crippen LogP contribution in [0.1, 0.15) is 20.8 Å². The monoisotopic (exact) mass is 278 g/mol. The van der Waals surface area contributed by atoms with Crippen LogP contribution in [0.5, 0.6) is 5.75 Å². The summed E-state index contributed by atoms with van der Waals surface area (Å²) in [6, 6.07) is 7.47. The van der Waals surface area contributed by atoms with Crippen molar-refractivity contribution in [1.82, 2.24) is 5.32 Å². The second-order valence-corrected chi connectivity index (χ2v) is 4.62. The van der Waals surface area contributed by atoms with Crippen LogP contribution in [-0.4, -0.2) is 31.1 Å². The van der Waals surface area contributed by atoms with Gasteiger partial charge in [0.1, 0.15) is 12.4 Å². The van der Waals surface area contributed by atoms with E-state index in [1.54, 1.807) is 12.1 Å². The topological polar surface area (TPSA) is 88.7 Å². The number of carbonyl (C=O) groups is 1. The number of benzene rings is 1. The van der Waals surface area contributed by atoms with E-state index in [1.807, 2.05) is 26.0 Å². The summed E-state index contributed by atoms with van der Waals surface area (Å²) in [4.78, 5) is 15.1. The first-order valence-electron chi connectivity index (χ1n) is 6.54. The van der Waals surface area contributed by atoms with E-state index >= 15 is 0 Å². The number of nitrogens with zero attached hydrogens (tertiary/aromatic N) is 1. The van der Waals surface area contributed by atoms with E-state index in [2.05, 4.69) is 15.6 Å². The molecule has 110 valence electrons. The zero-order valence-corrected chi connectivity index (χ0v) is 12.1. The van der Waals surface area contributed by atoms with Crippen molar-refractivity contribution in [3.05, 3.63) is 24.3 Å². The molecule has 0 unspecified atom stereocenters. The third-order valence-corrected chi connectivity index (χ3v) is 2.23. The number of nitrogens with two attached hydrogens (primary N) is 1. The van der Waals surface area contributed by atoms with Crippen molar-refractivity contribution >= 4 is 17.6 Å². The van der Waals surface area contributed by atoms with E-state index in [0.717, 1.165) is 0 Å². The van der Waals surface area contributed by atoms with Crippen LogP contribution in [0.3, 0.4) is 0 Å². The van der Waals surface area contributed by atoms with Gasteiger partial charge < -0.3 is 21.1 Å². The number of hydrogen-bond acceptors (Lipinski definition) is 3. The van der Waals surface area contributed by atoms with E-state index < -0.39 is 0 Å². The number of carbonyl (C=O) groups excluding carboxylic acids is 1. The van der Waals surface area contributed by atoms with Gasteiger partial charge in [-0.1, -0.05) is 6.07 Å². The van der Waals surface area contributed by atoms with Gasteiger partial charge in [0.05, 0.1) is 6.54 Å². The number of nitrogens with one attached hydrogen (secondary N) is 2. The average Bonchev–Trinajstić information content (AvgIpc) is 2.33. The van der Waals surface area contributed by atoms with Crippen LogP contribution >= 0.6 is 0 Å². The lowest BCUT2D eigenvalue weighted by Crippen LogP contribution is -2.37. The number of guanidine groups is 1. The molecule has 4 N–H and O–H groups in total. The molecule has 1 aromatic carbocycles. The van der Waals surface area contributed by atoms with Gasteiger partial charge in [0, 0.05) is 24.7 Å². The Kier molecular flexibility index (Phi) is 6.36. The molecule has 0 saturated carbocycles. The minimum absolute atomic E-state index is 0.112. The Labute approximate surface area is 119 Å². The molecule has 0 spiro atoms. The zero-order valence-electron chi connectivity index (χ0n) is 12.1. The Morgan fingerprint density at radius 2 is 2.20 bits per heavy atom. The number of rotatable bonds is 6. The molecule has 0 aromatic heterocycles. The third-order valence-electron chi connectivity index (χ3n) is 2.23. The standard InChI is InChI=1S/C14H22N4O2/c1-10(2)17-14(15)16-7-8-20-13-6-4-5-12(9-13)18-11(3)19/h4-6,9-10H,7-8H2,1-3H3,(H,18,19)(H3,15,16,17). The van der Waals surface area contributed by atoms with Crippen molar-refractivity contribution in [3.8, 4) is 5.75 Å². The predicted molar refractivity (Wildman–Crippen MR) is 81.0 cm³/mol. The SMILES string of the molecule is CC(=O)Nc1cccc(OCCN=C(N)NC(C)C)c1. The summed E-state index contributed by atoms with van der Waals surface area (Å²) in [6.07, 6.45) is 0. The molecule has 0 atom stereocenters. The lowest BCUT2D eigenvalue weighted by molar-refractivity contribution is -0.114. The molecule has 1 rings (SSSR count). The molecule has 6 nitrogen and oxygen atoms in total. The summed E-state index contributed by atoms with van der Waals surface area (Å²) in [7, 11) is 0. The number of ether oxygens (including phenoxy) is 1. The first-order valence-corrected chi connectivity index (χ1v) is 6.54. The van der Waals surface area contributed by atoms with Gasteiger partial charge in [-0.2, -0.15) is 0 Å². The molecule has 0 bridgehead atoms. The van der Waals surface area contributed by atoms with Gasteiger partial charge in [0.25, 0.3) is 0 Å². The highest BCUT2D eigenvalue weighted by molar-refractivity contribution is 5.88. The fourth-order valence-electron chi connectivity index (χ4n) is 1.54. The molecule has 0 radical (unpaired) electrons. The van der Waals surface area contributed by atoms with Gasteiger partial charge in [0.15, 0.2) is 5.96 Å². The van der Waals surface area contributed by atoms with Gasteiger partial charge in [0.2, 0.25) is 5.91 Å². The zero-order chi connectivity index (χ0) is 15.0. The number of amides is 1. The summed E-state index contributed by atoms with van der Waals surface area (Å²) in [5.74, 6) is 0.983. The van der Waals surface area contributed by atoms with Gasteiger partial charge in [-0.05, 0) is 26.0 Å². The summed E-state index contributed by atoms with van der Waals surface area (Å²) >= 11 is 0. The Hall–Kier alpha value is -2.24. The Morgan fingerprint density at radius 3 is 2.85 bits per heavy atom. The highest BCUT2D eigenvalue weighted by atomic mass is 16.5. The lowest BCUT2D eigenvalue weighted by atomic mass is 10.3. The van der Waals surface area contributed by atoms with Crippen molar-refractivity contribution in [3.63, 3.8) is 0 Å². The largest absolute Gasteiger partial charge is 0.492 e. The van der Waals surface area contributed by atoms with Crippen molar-refractivity contribution in [2.75, 3.05) is 18.5 Å². The summed E-state index contributed by atoms with van der Waals surface area (Å²) in [6.45, 7) is 6.34. The van der Waals surface area contributed by atoms with Crippen molar-refractivity contribution in [2.45, 2.75) is 26.8 Å². The predicted octanol–water partition coefficient (Wildman–Crippen LogP) is 1.34. The normalized spacial score (nSPS) is 11.3. The summed E-state index contributed by atoms with van der Waals surface area (Å²) < 4.78 is 5.54. The van der Waals surface area contributed by atoms with Crippen LogP contribution in [0.25, 0.3) is 0 Å². The van der Waals surface area contributed by atoms with Crippen LogP contribution in [-0.2, 0) is 4.79 Å². The molecule has 0 heterocycles. The van der Waals surface area contributed by atoms with Gasteiger partial charge >= 0.3 is 0 Å². The van der Waals surface area contributed by atoms with Crippen molar-refractivity contribution < 1.29 is 9.53 Å². The summed E-state index contributed by atoms with van der Waals surface area (Å²) in [5, 5.41) is 5.70. The molecule has 0 aliphatic heterocycles. The molecule has 1 aromatic rings. The quantitative estimate of drug-likeness (QED) is 0.416. The molecule has 0 aliphatic carbocycles. The van der Waals surface area contributed by atoms with Crippen LogP contribution in [0.15, 0.2) is 29.3 Å². The van der Waals surface area contributed by atoms with Gasteiger partial charge in [-0.25, -0.2) is 4.99 Å². The second-order valence-electron chi connectivity index (χ2n) is 4.62. The highest BCUT2D eigenvalue weighted by Crippen LogP contribution is 2.17. The third kappa shape index (κ3) is 6.63. The molecule has 0 fully saturated rings. The van der Waals surface area contributed by atoms with E-state index in [0.29, 0.717) is 30.5 Å². The highest BCUT2D eigenvalue weighted by Gasteiger charge is 1.99. The molecule has 6 heteroatoms. The molecular formula is C14H22N4O2. The Morgan fingerprint density at radius 1 is 1.45 bits per heavy atom. The van der Waals surface area contributed by atoms with Gasteiger partial charge in [-0.3, -0.25) is 4.79 Å². The maximum Gasteiger partial charge on any atom is 0.221 e. The molecule has 1 amide bonds. The van der Waals surface area contributed by atoms with Crippen molar-refractivity contribution in [1.29, 1.82) is 0 Å². The van der Waals surface area contributed by atoms with Crippen LogP contribution < -0.4 is 21.1 Å².